The fourth-order valence-electron chi connectivity index (χ4n) is 2.24. The number of benzene rings is 2. The summed E-state index contributed by atoms with van der Waals surface area (Å²) in [5.41, 5.74) is 2.00. The zero-order valence-electron chi connectivity index (χ0n) is 10.1. The lowest BCUT2D eigenvalue weighted by Gasteiger charge is -2.00. The van der Waals surface area contributed by atoms with Crippen LogP contribution in [0.3, 0.4) is 0 Å². The molecule has 2 heterocycles. The van der Waals surface area contributed by atoms with Crippen molar-refractivity contribution in [2.45, 2.75) is 0 Å². The minimum Gasteiger partial charge on any atom is -0.288 e. The van der Waals surface area contributed by atoms with Crippen LogP contribution >= 0.6 is 0 Å². The van der Waals surface area contributed by atoms with Crippen LogP contribution in [0, 0.1) is 0 Å². The molecule has 0 amide bonds. The van der Waals surface area contributed by atoms with Crippen LogP contribution in [0.1, 0.15) is 0 Å². The lowest BCUT2D eigenvalue weighted by molar-refractivity contribution is 0.966. The van der Waals surface area contributed by atoms with E-state index in [0.717, 1.165) is 11.3 Å². The highest BCUT2D eigenvalue weighted by Gasteiger charge is 2.05. The monoisotopic (exact) mass is 246 g/mol. The summed E-state index contributed by atoms with van der Waals surface area (Å²) in [6.07, 6.45) is 5.47. The van der Waals surface area contributed by atoms with Gasteiger partial charge >= 0.3 is 0 Å². The third-order valence-corrected chi connectivity index (χ3v) is 3.20. The first-order valence-electron chi connectivity index (χ1n) is 6.06. The quantitative estimate of drug-likeness (QED) is 0.518. The van der Waals surface area contributed by atoms with Gasteiger partial charge in [0.1, 0.15) is 0 Å². The molecule has 0 spiro atoms. The van der Waals surface area contributed by atoms with Crippen LogP contribution in [0.25, 0.3) is 27.8 Å². The number of hydrogen-bond acceptors (Lipinski definition) is 3. The highest BCUT2D eigenvalue weighted by atomic mass is 15.2. The maximum atomic E-state index is 4.48. The second-order valence-corrected chi connectivity index (χ2v) is 4.41. The molecule has 0 aliphatic rings. The van der Waals surface area contributed by atoms with Gasteiger partial charge in [0.05, 0.1) is 11.9 Å². The Labute approximate surface area is 109 Å². The third-order valence-electron chi connectivity index (χ3n) is 3.20. The second kappa shape index (κ2) is 3.88. The maximum Gasteiger partial charge on any atom is 0.254 e. The molecule has 0 atom stereocenters. The van der Waals surface area contributed by atoms with Crippen LogP contribution in [0.15, 0.2) is 61.1 Å². The molecule has 0 fully saturated rings. The van der Waals surface area contributed by atoms with E-state index in [1.165, 1.54) is 10.8 Å². The molecule has 0 saturated heterocycles. The summed E-state index contributed by atoms with van der Waals surface area (Å²) >= 11 is 0. The van der Waals surface area contributed by atoms with Crippen molar-refractivity contribution in [3.05, 3.63) is 61.1 Å². The average Bonchev–Trinajstić information content (AvgIpc) is 2.90. The van der Waals surface area contributed by atoms with E-state index in [9.17, 15) is 0 Å². The predicted molar refractivity (Wildman–Crippen MR) is 73.7 cm³/mol. The molecule has 0 aliphatic heterocycles. The maximum absolute atomic E-state index is 4.48. The Morgan fingerprint density at radius 1 is 0.947 bits per heavy atom. The third kappa shape index (κ3) is 1.65. The van der Waals surface area contributed by atoms with Crippen LogP contribution in [0.5, 0.6) is 0 Å². The van der Waals surface area contributed by atoms with Crippen molar-refractivity contribution in [3.8, 4) is 11.3 Å². The van der Waals surface area contributed by atoms with E-state index in [1.54, 1.807) is 6.20 Å². The number of nitrogens with zero attached hydrogens (tertiary/aromatic N) is 4. The van der Waals surface area contributed by atoms with Gasteiger partial charge in [-0.2, -0.15) is 5.10 Å². The molecule has 4 heteroatoms. The minimum absolute atomic E-state index is 0.616. The Bertz CT molecular complexity index is 846. The molecule has 0 saturated carbocycles. The van der Waals surface area contributed by atoms with Crippen molar-refractivity contribution in [2.24, 2.45) is 0 Å². The van der Waals surface area contributed by atoms with E-state index in [2.05, 4.69) is 45.5 Å². The highest BCUT2D eigenvalue weighted by Crippen LogP contribution is 2.23. The number of hydrogen-bond donors (Lipinski definition) is 0. The van der Waals surface area contributed by atoms with Crippen LogP contribution in [0.2, 0.25) is 0 Å². The normalized spacial score (nSPS) is 11.2. The molecule has 90 valence electrons. The topological polar surface area (TPSA) is 43.1 Å². The Morgan fingerprint density at radius 3 is 2.74 bits per heavy atom. The van der Waals surface area contributed by atoms with Crippen LogP contribution in [0.4, 0.5) is 0 Å². The molecule has 0 bridgehead atoms. The Hall–Kier alpha value is -2.75. The van der Waals surface area contributed by atoms with Gasteiger partial charge < -0.3 is 0 Å². The SMILES string of the molecule is c1ccc2cc(-c3cn4ccnnc4n3)ccc2c1. The van der Waals surface area contributed by atoms with E-state index in [4.69, 9.17) is 0 Å². The number of aromatic nitrogens is 4. The average molecular weight is 246 g/mol. The van der Waals surface area contributed by atoms with Crippen molar-refractivity contribution in [3.63, 3.8) is 0 Å². The van der Waals surface area contributed by atoms with Crippen LogP contribution in [-0.2, 0) is 0 Å². The Morgan fingerprint density at radius 2 is 1.84 bits per heavy atom. The molecule has 4 nitrogen and oxygen atoms in total. The summed E-state index contributed by atoms with van der Waals surface area (Å²) < 4.78 is 1.87. The summed E-state index contributed by atoms with van der Waals surface area (Å²) in [5, 5.41) is 10.3. The zero-order chi connectivity index (χ0) is 12.7. The molecule has 4 rings (SSSR count). The van der Waals surface area contributed by atoms with Gasteiger partial charge in [-0.1, -0.05) is 36.4 Å². The molecule has 19 heavy (non-hydrogen) atoms. The van der Waals surface area contributed by atoms with Gasteiger partial charge in [-0.15, -0.1) is 5.10 Å². The lowest BCUT2D eigenvalue weighted by Crippen LogP contribution is -1.87. The smallest absolute Gasteiger partial charge is 0.254 e. The van der Waals surface area contributed by atoms with E-state index in [-0.39, 0.29) is 0 Å². The molecule has 0 unspecified atom stereocenters. The van der Waals surface area contributed by atoms with Crippen LogP contribution < -0.4 is 0 Å². The van der Waals surface area contributed by atoms with Gasteiger partial charge in [-0.05, 0) is 16.8 Å². The molecular weight excluding hydrogens is 236 g/mol. The van der Waals surface area contributed by atoms with Gasteiger partial charge in [0, 0.05) is 18.0 Å². The molecule has 0 aliphatic carbocycles. The van der Waals surface area contributed by atoms with Gasteiger partial charge in [-0.25, -0.2) is 4.98 Å². The minimum atomic E-state index is 0.616. The van der Waals surface area contributed by atoms with Crippen molar-refractivity contribution in [1.82, 2.24) is 19.6 Å². The van der Waals surface area contributed by atoms with Gasteiger partial charge in [0.25, 0.3) is 5.78 Å². The lowest BCUT2D eigenvalue weighted by atomic mass is 10.1. The fraction of sp³-hybridized carbons (Fsp3) is 0. The summed E-state index contributed by atoms with van der Waals surface area (Å²) in [7, 11) is 0. The summed E-state index contributed by atoms with van der Waals surface area (Å²) in [6.45, 7) is 0. The van der Waals surface area contributed by atoms with Gasteiger partial charge in [0.2, 0.25) is 0 Å². The Balaban J connectivity index is 1.93. The molecular formula is C15H10N4. The summed E-state index contributed by atoms with van der Waals surface area (Å²) in [4.78, 5) is 4.48. The fourth-order valence-corrected chi connectivity index (χ4v) is 2.24. The van der Waals surface area contributed by atoms with Crippen LogP contribution in [-0.4, -0.2) is 19.6 Å². The first-order valence-corrected chi connectivity index (χ1v) is 6.06. The van der Waals surface area contributed by atoms with Crippen molar-refractivity contribution < 1.29 is 0 Å². The van der Waals surface area contributed by atoms with E-state index < -0.39 is 0 Å². The summed E-state index contributed by atoms with van der Waals surface area (Å²) in [5.74, 6) is 0.616. The van der Waals surface area contributed by atoms with E-state index in [1.807, 2.05) is 28.9 Å². The number of fused-ring (bicyclic) bond motifs is 2. The van der Waals surface area contributed by atoms with Crippen molar-refractivity contribution in [2.75, 3.05) is 0 Å². The first kappa shape index (κ1) is 10.2. The zero-order valence-corrected chi connectivity index (χ0v) is 10.1. The molecule has 2 aromatic carbocycles. The predicted octanol–water partition coefficient (Wildman–Crippen LogP) is 2.94. The molecule has 4 aromatic rings. The summed E-state index contributed by atoms with van der Waals surface area (Å²) in [6, 6.07) is 14.6. The van der Waals surface area contributed by atoms with Gasteiger partial charge in [0.15, 0.2) is 0 Å². The van der Waals surface area contributed by atoms with E-state index in [0.29, 0.717) is 5.78 Å². The molecule has 0 N–H and O–H groups in total. The number of imidazole rings is 1. The largest absolute Gasteiger partial charge is 0.288 e. The molecule has 0 radical (unpaired) electrons. The number of rotatable bonds is 1. The van der Waals surface area contributed by atoms with Crippen molar-refractivity contribution >= 4 is 16.6 Å². The highest BCUT2D eigenvalue weighted by molar-refractivity contribution is 5.86. The van der Waals surface area contributed by atoms with Gasteiger partial charge in [-0.3, -0.25) is 4.40 Å². The Kier molecular flexibility index (Phi) is 2.08. The first-order chi connectivity index (χ1) is 9.40. The standard InChI is InChI=1S/C15H10N4/c1-2-4-12-9-13(6-5-11(12)3-1)14-10-19-8-7-16-18-15(19)17-14/h1-10H. The molecule has 2 aromatic heterocycles. The van der Waals surface area contributed by atoms with E-state index >= 15 is 0 Å². The second-order valence-electron chi connectivity index (χ2n) is 4.41. The van der Waals surface area contributed by atoms with Crippen molar-refractivity contribution in [1.29, 1.82) is 0 Å².